The third kappa shape index (κ3) is 57.3. The van der Waals surface area contributed by atoms with Gasteiger partial charge in [-0.05, 0) is 57.8 Å². The Morgan fingerprint density at radius 2 is 0.604 bits per heavy atom. The Morgan fingerprint density at radius 1 is 0.330 bits per heavy atom. The molecule has 2 fully saturated rings. The minimum Gasteiger partial charge on any atom is -0.394 e. The molecule has 0 bridgehead atoms. The standard InChI is InChI=1S/C92H175NO13/c1-3-5-7-9-11-13-15-17-19-21-23-25-27-29-31-33-35-36-37-38-39-40-41-42-43-44-46-48-50-52-54-56-58-60-62-64-66-68-70-72-74-76-84(97)93-80(79-103-91-89(102)87(100)90(83(78-95)105-91)106-92-88(101)86(99)85(98)82(77-94)104-92)81(96)75-73-71-69-67-65-63-61-59-57-55-53-51-49-47-45-34-32-30-28-26-24-22-20-18-16-14-12-10-8-6-4-2/h21,23,65,67,73,75,80-83,85-92,94-96,98-102H,3-20,22,24-64,66,68-72,74,76-79H2,1-2H3,(H,93,97)/b23-21-,67-65+,75-73+. The molecule has 0 aromatic heterocycles. The van der Waals surface area contributed by atoms with Crippen LogP contribution in [0.2, 0.25) is 0 Å². The maximum absolute atomic E-state index is 13.4. The second-order valence-electron chi connectivity index (χ2n) is 32.8. The number of rotatable bonds is 80. The van der Waals surface area contributed by atoms with Gasteiger partial charge in [-0.3, -0.25) is 4.79 Å². The summed E-state index contributed by atoms with van der Waals surface area (Å²) in [4.78, 5) is 13.4. The fourth-order valence-electron chi connectivity index (χ4n) is 15.5. The van der Waals surface area contributed by atoms with E-state index >= 15 is 0 Å². The highest BCUT2D eigenvalue weighted by atomic mass is 16.7. The molecule has 1 amide bonds. The minimum absolute atomic E-state index is 0.239. The number of aliphatic hydroxyl groups excluding tert-OH is 8. The number of aliphatic hydroxyl groups is 8. The topological polar surface area (TPSA) is 228 Å². The Morgan fingerprint density at radius 3 is 0.925 bits per heavy atom. The van der Waals surface area contributed by atoms with E-state index in [1.165, 1.54) is 385 Å². The van der Waals surface area contributed by atoms with Crippen molar-refractivity contribution in [1.29, 1.82) is 0 Å². The van der Waals surface area contributed by atoms with Crippen LogP contribution in [0.5, 0.6) is 0 Å². The molecule has 9 N–H and O–H groups in total. The molecular weight excluding hydrogens is 1330 g/mol. The molecule has 12 unspecified atom stereocenters. The predicted molar refractivity (Wildman–Crippen MR) is 443 cm³/mol. The minimum atomic E-state index is -1.79. The van der Waals surface area contributed by atoms with Crippen LogP contribution in [0.3, 0.4) is 0 Å². The van der Waals surface area contributed by atoms with E-state index in [1.807, 2.05) is 6.08 Å². The molecular formula is C92H175NO13. The van der Waals surface area contributed by atoms with Gasteiger partial charge < -0.3 is 65.1 Å². The molecule has 0 spiro atoms. The molecule has 626 valence electrons. The van der Waals surface area contributed by atoms with E-state index in [4.69, 9.17) is 18.9 Å². The zero-order valence-electron chi connectivity index (χ0n) is 69.2. The lowest BCUT2D eigenvalue weighted by Gasteiger charge is -2.46. The molecule has 0 aliphatic carbocycles. The van der Waals surface area contributed by atoms with Gasteiger partial charge in [0.15, 0.2) is 12.6 Å². The Bertz CT molecular complexity index is 1920. The van der Waals surface area contributed by atoms with E-state index in [2.05, 4.69) is 43.5 Å². The van der Waals surface area contributed by atoms with Crippen molar-refractivity contribution in [3.63, 3.8) is 0 Å². The first-order chi connectivity index (χ1) is 52.1. The molecule has 106 heavy (non-hydrogen) atoms. The van der Waals surface area contributed by atoms with Gasteiger partial charge >= 0.3 is 0 Å². The largest absolute Gasteiger partial charge is 0.394 e. The summed E-state index contributed by atoms with van der Waals surface area (Å²) in [6, 6.07) is -0.932. The number of allylic oxidation sites excluding steroid dienone is 5. The van der Waals surface area contributed by atoms with Crippen LogP contribution in [0.25, 0.3) is 0 Å². The van der Waals surface area contributed by atoms with Gasteiger partial charge in [-0.15, -0.1) is 0 Å². The first-order valence-corrected chi connectivity index (χ1v) is 46.2. The fraction of sp³-hybridized carbons (Fsp3) is 0.924. The Labute approximate surface area is 652 Å². The summed E-state index contributed by atoms with van der Waals surface area (Å²) in [7, 11) is 0. The summed E-state index contributed by atoms with van der Waals surface area (Å²) < 4.78 is 23.0. The van der Waals surface area contributed by atoms with Crippen LogP contribution in [0.4, 0.5) is 0 Å². The molecule has 12 atom stereocenters. The molecule has 14 heteroatoms. The number of carbonyl (C=O) groups excluding carboxylic acids is 1. The van der Waals surface area contributed by atoms with Crippen molar-refractivity contribution in [2.75, 3.05) is 19.8 Å². The highest BCUT2D eigenvalue weighted by Gasteiger charge is 2.51. The van der Waals surface area contributed by atoms with Gasteiger partial charge in [-0.25, -0.2) is 0 Å². The van der Waals surface area contributed by atoms with E-state index in [-0.39, 0.29) is 18.9 Å². The highest BCUT2D eigenvalue weighted by molar-refractivity contribution is 5.76. The summed E-state index contributed by atoms with van der Waals surface area (Å²) in [5, 5.41) is 87.8. The van der Waals surface area contributed by atoms with E-state index < -0.39 is 86.8 Å². The van der Waals surface area contributed by atoms with Crippen LogP contribution in [0, 0.1) is 0 Å². The van der Waals surface area contributed by atoms with Crippen LogP contribution in [-0.2, 0) is 23.7 Å². The van der Waals surface area contributed by atoms with Crippen molar-refractivity contribution in [1.82, 2.24) is 5.32 Å². The quantitative estimate of drug-likeness (QED) is 0.0204. The Balaban J connectivity index is 1.55. The van der Waals surface area contributed by atoms with Gasteiger partial charge in [-0.1, -0.05) is 423 Å². The van der Waals surface area contributed by atoms with Crippen molar-refractivity contribution >= 4 is 5.91 Å². The molecule has 0 saturated carbocycles. The number of carbonyl (C=O) groups is 1. The average molecular weight is 1500 g/mol. The fourth-order valence-corrected chi connectivity index (χ4v) is 15.5. The molecule has 2 aliphatic rings. The first-order valence-electron chi connectivity index (χ1n) is 46.2. The van der Waals surface area contributed by atoms with Crippen LogP contribution in [-0.4, -0.2) is 140 Å². The lowest BCUT2D eigenvalue weighted by molar-refractivity contribution is -0.359. The summed E-state index contributed by atoms with van der Waals surface area (Å²) in [5.41, 5.74) is 0. The Kier molecular flexibility index (Phi) is 71.8. The van der Waals surface area contributed by atoms with E-state index in [0.29, 0.717) is 12.8 Å². The van der Waals surface area contributed by atoms with E-state index in [9.17, 15) is 45.6 Å². The molecule has 14 nitrogen and oxygen atoms in total. The lowest BCUT2D eigenvalue weighted by Crippen LogP contribution is -2.65. The van der Waals surface area contributed by atoms with Gasteiger partial charge in [0, 0.05) is 6.42 Å². The second-order valence-corrected chi connectivity index (χ2v) is 32.8. The van der Waals surface area contributed by atoms with E-state index in [0.717, 1.165) is 32.1 Å². The van der Waals surface area contributed by atoms with Crippen LogP contribution in [0.1, 0.15) is 450 Å². The molecule has 2 aliphatic heterocycles. The van der Waals surface area contributed by atoms with Crippen molar-refractivity contribution in [2.24, 2.45) is 0 Å². The van der Waals surface area contributed by atoms with Gasteiger partial charge in [0.05, 0.1) is 32.0 Å². The summed E-state index contributed by atoms with van der Waals surface area (Å²) in [6.45, 7) is 2.86. The smallest absolute Gasteiger partial charge is 0.220 e. The number of unbranched alkanes of at least 4 members (excludes halogenated alkanes) is 63. The number of hydrogen-bond acceptors (Lipinski definition) is 13. The van der Waals surface area contributed by atoms with Gasteiger partial charge in [0.2, 0.25) is 5.91 Å². The van der Waals surface area contributed by atoms with Crippen molar-refractivity contribution in [3.05, 3.63) is 36.5 Å². The maximum atomic E-state index is 13.4. The summed E-state index contributed by atoms with van der Waals surface area (Å²) in [5.74, 6) is -0.239. The van der Waals surface area contributed by atoms with E-state index in [1.54, 1.807) is 6.08 Å². The number of hydrogen-bond donors (Lipinski definition) is 9. The van der Waals surface area contributed by atoms with Crippen molar-refractivity contribution < 1.29 is 64.6 Å². The lowest BCUT2D eigenvalue weighted by atomic mass is 9.97. The zero-order valence-corrected chi connectivity index (χ0v) is 69.2. The number of ether oxygens (including phenoxy) is 4. The Hall–Kier alpha value is -1.79. The third-order valence-electron chi connectivity index (χ3n) is 22.8. The predicted octanol–water partition coefficient (Wildman–Crippen LogP) is 22.7. The van der Waals surface area contributed by atoms with Crippen LogP contribution < -0.4 is 5.32 Å². The summed E-state index contributed by atoms with van der Waals surface area (Å²) >= 11 is 0. The molecule has 2 heterocycles. The highest BCUT2D eigenvalue weighted by Crippen LogP contribution is 2.31. The average Bonchev–Trinajstić information content (AvgIpc) is 0.790. The number of nitrogens with one attached hydrogen (secondary N) is 1. The first kappa shape index (κ1) is 100. The molecule has 0 aromatic rings. The molecule has 2 saturated heterocycles. The van der Waals surface area contributed by atoms with Crippen molar-refractivity contribution in [3.8, 4) is 0 Å². The molecule has 0 radical (unpaired) electrons. The number of amides is 1. The van der Waals surface area contributed by atoms with Crippen LogP contribution in [0.15, 0.2) is 36.5 Å². The maximum Gasteiger partial charge on any atom is 0.220 e. The molecule has 2 rings (SSSR count). The second kappa shape index (κ2) is 75.9. The van der Waals surface area contributed by atoms with Crippen molar-refractivity contribution in [2.45, 2.75) is 524 Å². The van der Waals surface area contributed by atoms with Crippen LogP contribution >= 0.6 is 0 Å². The van der Waals surface area contributed by atoms with Gasteiger partial charge in [0.25, 0.3) is 0 Å². The SMILES string of the molecule is CCCCCCCCCC/C=C\CCCCCCCCCCCCCCCCCCCCCCCCCCCCCCCC(=O)NC(COC1OC(CO)C(OC2OC(CO)C(O)C(O)C2O)C(O)C1O)C(O)/C=C/CC/C=C/CCCCCCCCCCCCCCCCCCCCCCCCCCC. The third-order valence-corrected chi connectivity index (χ3v) is 22.8. The van der Waals surface area contributed by atoms with Gasteiger partial charge in [-0.2, -0.15) is 0 Å². The monoisotopic (exact) mass is 1500 g/mol. The van der Waals surface area contributed by atoms with Gasteiger partial charge in [0.1, 0.15) is 48.8 Å². The normalized spacial score (nSPS) is 21.4. The zero-order chi connectivity index (χ0) is 76.5. The summed E-state index contributed by atoms with van der Waals surface area (Å²) in [6.07, 6.45) is 85.8. The molecule has 0 aromatic carbocycles.